The zero-order valence-corrected chi connectivity index (χ0v) is 7.25. The summed E-state index contributed by atoms with van der Waals surface area (Å²) in [6.07, 6.45) is 3.61. The van der Waals surface area contributed by atoms with Crippen LogP contribution in [0.25, 0.3) is 0 Å². The molecule has 0 unspecified atom stereocenters. The second-order valence-electron chi connectivity index (χ2n) is 2.81. The number of nitrogens with two attached hydrogens (primary N) is 1. The molecule has 5 heteroatoms. The third kappa shape index (κ3) is 6.43. The highest BCUT2D eigenvalue weighted by Crippen LogP contribution is 2.01. The van der Waals surface area contributed by atoms with Crippen LogP contribution in [-0.2, 0) is 4.79 Å². The van der Waals surface area contributed by atoms with Gasteiger partial charge >= 0.3 is 0 Å². The first kappa shape index (κ1) is 11.7. The maximum absolute atomic E-state index is 10.5. The van der Waals surface area contributed by atoms with Crippen molar-refractivity contribution < 1.29 is 4.79 Å². The van der Waals surface area contributed by atoms with Gasteiger partial charge < -0.3 is 15.8 Å². The number of rotatable bonds is 7. The fraction of sp³-hybridized carbons (Fsp3) is 0.857. The van der Waals surface area contributed by atoms with Crippen LogP contribution >= 0.6 is 0 Å². The molecule has 0 bridgehead atoms. The van der Waals surface area contributed by atoms with Crippen LogP contribution in [0.1, 0.15) is 25.7 Å². The normalized spacial score (nSPS) is 12.8. The summed E-state index contributed by atoms with van der Waals surface area (Å²) < 4.78 is 0. The van der Waals surface area contributed by atoms with Crippen molar-refractivity contribution in [1.29, 1.82) is 0 Å². The van der Waals surface area contributed by atoms with Crippen LogP contribution < -0.4 is 11.0 Å². The van der Waals surface area contributed by atoms with Gasteiger partial charge in [0.1, 0.15) is 0 Å². The molecule has 64 valence electrons. The van der Waals surface area contributed by atoms with Crippen molar-refractivity contribution >= 4 is 21.5 Å². The van der Waals surface area contributed by atoms with Gasteiger partial charge in [-0.2, -0.15) is 0 Å². The minimum absolute atomic E-state index is 0.424. The monoisotopic (exact) mass is 164 g/mol. The highest BCUT2D eigenvalue weighted by Gasteiger charge is 2.05. The lowest BCUT2D eigenvalue weighted by Gasteiger charge is -2.06. The lowest BCUT2D eigenvalue weighted by atomic mass is 9.92. The molecule has 0 fully saturated rings. The average Bonchev–Trinajstić information content (AvgIpc) is 2.03. The maximum atomic E-state index is 10.5. The summed E-state index contributed by atoms with van der Waals surface area (Å²) in [5, 5.41) is 2.56. The van der Waals surface area contributed by atoms with Gasteiger partial charge in [-0.3, -0.25) is 0 Å². The zero-order valence-electron chi connectivity index (χ0n) is 7.25. The second kappa shape index (κ2) is 7.37. The molecule has 3 nitrogen and oxygen atoms in total. The first-order chi connectivity index (χ1) is 5.68. The Morgan fingerprint density at radius 1 is 1.42 bits per heavy atom. The highest BCUT2D eigenvalue weighted by atomic mass is 16.1. The Bertz CT molecular complexity index is 133. The number of hydrogen-bond acceptors (Lipinski definition) is 3. The molecule has 0 aliphatic rings. The van der Waals surface area contributed by atoms with Gasteiger partial charge in [-0.1, -0.05) is 12.8 Å². The molecular formula is C7H14B2N2O. The van der Waals surface area contributed by atoms with Crippen molar-refractivity contribution in [2.75, 3.05) is 6.54 Å². The summed E-state index contributed by atoms with van der Waals surface area (Å²) in [6.45, 7) is 0.797. The minimum Gasteiger partial charge on any atom is -0.366 e. The first-order valence-electron chi connectivity index (χ1n) is 4.17. The smallest absolute Gasteiger partial charge is 0.177 e. The molecular weight excluding hydrogens is 150 g/mol. The SMILES string of the molecule is [B]NCCCCC[C@H](N)C([B])=O. The summed E-state index contributed by atoms with van der Waals surface area (Å²) >= 11 is 0. The standard InChI is InChI=1S/C7H14B2N2O/c8-7(12)6(10)4-2-1-3-5-11-9/h6,11H,1-5,10H2/t6-/m0/s1. The molecule has 0 rings (SSSR count). The summed E-state index contributed by atoms with van der Waals surface area (Å²) in [5.41, 5.74) is 4.99. The predicted octanol–water partition coefficient (Wildman–Crippen LogP) is -0.758. The summed E-state index contributed by atoms with van der Waals surface area (Å²) in [4.78, 5) is 10.5. The van der Waals surface area contributed by atoms with Gasteiger partial charge in [-0.25, -0.2) is 0 Å². The van der Waals surface area contributed by atoms with Gasteiger partial charge in [0.05, 0.1) is 11.7 Å². The number of hydrogen-bond donors (Lipinski definition) is 2. The van der Waals surface area contributed by atoms with Crippen molar-refractivity contribution in [3.8, 4) is 0 Å². The quantitative estimate of drug-likeness (QED) is 0.384. The summed E-state index contributed by atoms with van der Waals surface area (Å²) in [6, 6.07) is -0.490. The molecule has 0 aliphatic heterocycles. The molecule has 0 heterocycles. The lowest BCUT2D eigenvalue weighted by molar-refractivity contribution is -0.113. The van der Waals surface area contributed by atoms with Crippen LogP contribution in [0, 0.1) is 0 Å². The van der Waals surface area contributed by atoms with E-state index in [1.807, 2.05) is 0 Å². The Morgan fingerprint density at radius 2 is 2.08 bits per heavy atom. The number of carbonyl (C=O) groups excluding carboxylic acids is 1. The third-order valence-corrected chi connectivity index (χ3v) is 1.70. The molecule has 1 atom stereocenters. The van der Waals surface area contributed by atoms with Crippen LogP contribution in [0.2, 0.25) is 0 Å². The molecule has 0 aromatic heterocycles. The predicted molar refractivity (Wildman–Crippen MR) is 51.0 cm³/mol. The Morgan fingerprint density at radius 3 is 2.58 bits per heavy atom. The van der Waals surface area contributed by atoms with Crippen LogP contribution in [0.5, 0.6) is 0 Å². The molecule has 0 spiro atoms. The van der Waals surface area contributed by atoms with Crippen LogP contribution in [-0.4, -0.2) is 34.1 Å². The van der Waals surface area contributed by atoms with Crippen molar-refractivity contribution in [3.63, 3.8) is 0 Å². The van der Waals surface area contributed by atoms with Gasteiger partial charge in [0.15, 0.2) is 15.8 Å². The molecule has 0 aliphatic carbocycles. The number of nitrogens with one attached hydrogen (secondary N) is 1. The van der Waals surface area contributed by atoms with E-state index in [1.165, 1.54) is 0 Å². The van der Waals surface area contributed by atoms with Crippen molar-refractivity contribution in [3.05, 3.63) is 0 Å². The van der Waals surface area contributed by atoms with E-state index in [1.54, 1.807) is 0 Å². The van der Waals surface area contributed by atoms with E-state index in [-0.39, 0.29) is 0 Å². The van der Waals surface area contributed by atoms with Gasteiger partial charge in [0.25, 0.3) is 0 Å². The van der Waals surface area contributed by atoms with Gasteiger partial charge in [0.2, 0.25) is 0 Å². The van der Waals surface area contributed by atoms with Crippen LogP contribution in [0.3, 0.4) is 0 Å². The van der Waals surface area contributed by atoms with E-state index in [2.05, 4.69) is 5.23 Å². The van der Waals surface area contributed by atoms with Crippen molar-refractivity contribution in [2.45, 2.75) is 31.7 Å². The average molecular weight is 164 g/mol. The Kier molecular flexibility index (Phi) is 7.20. The summed E-state index contributed by atoms with van der Waals surface area (Å²) in [5.74, 6) is 0. The van der Waals surface area contributed by atoms with Gasteiger partial charge in [0, 0.05) is 0 Å². The molecule has 0 amide bonds. The Balaban J connectivity index is 3.14. The number of carbonyl (C=O) groups is 1. The van der Waals surface area contributed by atoms with Gasteiger partial charge in [-0.15, -0.1) is 0 Å². The van der Waals surface area contributed by atoms with E-state index in [0.717, 1.165) is 25.8 Å². The molecule has 0 aromatic carbocycles. The first-order valence-corrected chi connectivity index (χ1v) is 4.17. The Labute approximate surface area is 76.3 Å². The van der Waals surface area contributed by atoms with Crippen molar-refractivity contribution in [1.82, 2.24) is 5.23 Å². The highest BCUT2D eigenvalue weighted by molar-refractivity contribution is 6.59. The zero-order chi connectivity index (χ0) is 9.40. The molecule has 4 radical (unpaired) electrons. The summed E-state index contributed by atoms with van der Waals surface area (Å²) in [7, 11) is 10.1. The van der Waals surface area contributed by atoms with Gasteiger partial charge in [-0.05, 0) is 19.4 Å². The maximum Gasteiger partial charge on any atom is 0.177 e. The fourth-order valence-corrected chi connectivity index (χ4v) is 0.910. The van der Waals surface area contributed by atoms with Crippen LogP contribution in [0.15, 0.2) is 0 Å². The largest absolute Gasteiger partial charge is 0.366 e. The second-order valence-corrected chi connectivity index (χ2v) is 2.81. The van der Waals surface area contributed by atoms with E-state index >= 15 is 0 Å². The third-order valence-electron chi connectivity index (χ3n) is 1.70. The van der Waals surface area contributed by atoms with E-state index in [4.69, 9.17) is 21.6 Å². The molecule has 0 saturated carbocycles. The molecule has 12 heavy (non-hydrogen) atoms. The molecule has 3 N–H and O–H groups in total. The number of unbranched alkanes of at least 4 members (excludes halogenated alkanes) is 2. The minimum atomic E-state index is -0.490. The van der Waals surface area contributed by atoms with E-state index in [9.17, 15) is 4.79 Å². The fourth-order valence-electron chi connectivity index (χ4n) is 0.910. The Hall–Kier alpha value is -0.280. The topological polar surface area (TPSA) is 55.1 Å². The molecule has 0 aromatic rings. The van der Waals surface area contributed by atoms with Crippen LogP contribution in [0.4, 0.5) is 0 Å². The molecule has 0 saturated heterocycles. The van der Waals surface area contributed by atoms with Crippen molar-refractivity contribution in [2.24, 2.45) is 5.73 Å². The lowest BCUT2D eigenvalue weighted by Crippen LogP contribution is -2.30. The van der Waals surface area contributed by atoms with E-state index in [0.29, 0.717) is 6.42 Å². The van der Waals surface area contributed by atoms with E-state index < -0.39 is 11.7 Å².